The number of aliphatic hydroxyl groups is 1. The fraction of sp³-hybridized carbons (Fsp3) is 0.429. The van der Waals surface area contributed by atoms with Gasteiger partial charge in [-0.3, -0.25) is 4.79 Å². The summed E-state index contributed by atoms with van der Waals surface area (Å²) in [5, 5.41) is 20.7. The highest BCUT2D eigenvalue weighted by Crippen LogP contribution is 2.18. The fourth-order valence-corrected chi connectivity index (χ4v) is 1.45. The molecule has 1 amide bonds. The zero-order valence-electron chi connectivity index (χ0n) is 11.1. The number of aliphatic hydroxyl groups excluding tert-OH is 1. The van der Waals surface area contributed by atoms with Gasteiger partial charge in [-0.1, -0.05) is 12.1 Å². The van der Waals surface area contributed by atoms with E-state index in [0.29, 0.717) is 24.3 Å². The number of carbonyl (C=O) groups is 1. The Labute approximate surface area is 112 Å². The van der Waals surface area contributed by atoms with Crippen molar-refractivity contribution in [2.75, 3.05) is 6.54 Å². The molecule has 1 aromatic carbocycles. The molecule has 0 saturated heterocycles. The van der Waals surface area contributed by atoms with Crippen molar-refractivity contribution in [3.8, 4) is 11.8 Å². The Balaban J connectivity index is 2.52. The maximum absolute atomic E-state index is 11.7. The first kappa shape index (κ1) is 15.0. The highest BCUT2D eigenvalue weighted by molar-refractivity contribution is 5.80. The standard InChI is InChI=1S/C14H18N2O3/c1-10(17)7-8-16-14(18)11(2)19-13-6-4-3-5-12(13)9-15/h3-6,10-11,17H,7-8H2,1-2H3,(H,16,18). The Kier molecular flexibility index (Phi) is 5.83. The topological polar surface area (TPSA) is 82.3 Å². The van der Waals surface area contributed by atoms with Crippen LogP contribution in [0, 0.1) is 11.3 Å². The highest BCUT2D eigenvalue weighted by atomic mass is 16.5. The quantitative estimate of drug-likeness (QED) is 0.807. The largest absolute Gasteiger partial charge is 0.480 e. The number of hydrogen-bond donors (Lipinski definition) is 2. The lowest BCUT2D eigenvalue weighted by Crippen LogP contribution is -2.37. The molecule has 102 valence electrons. The number of nitrogens with one attached hydrogen (secondary N) is 1. The Morgan fingerprint density at radius 2 is 2.16 bits per heavy atom. The molecule has 19 heavy (non-hydrogen) atoms. The third-order valence-electron chi connectivity index (χ3n) is 2.54. The van der Waals surface area contributed by atoms with E-state index in [0.717, 1.165) is 0 Å². The number of carbonyl (C=O) groups excluding carboxylic acids is 1. The van der Waals surface area contributed by atoms with Crippen molar-refractivity contribution in [2.45, 2.75) is 32.5 Å². The number of amides is 1. The summed E-state index contributed by atoms with van der Waals surface area (Å²) >= 11 is 0. The molecule has 0 bridgehead atoms. The first-order valence-corrected chi connectivity index (χ1v) is 6.16. The number of ether oxygens (including phenoxy) is 1. The van der Waals surface area contributed by atoms with Gasteiger partial charge in [0.25, 0.3) is 5.91 Å². The van der Waals surface area contributed by atoms with E-state index in [1.165, 1.54) is 0 Å². The molecule has 2 atom stereocenters. The molecule has 0 spiro atoms. The van der Waals surface area contributed by atoms with E-state index in [1.807, 2.05) is 6.07 Å². The minimum Gasteiger partial charge on any atom is -0.480 e. The minimum atomic E-state index is -0.691. The van der Waals surface area contributed by atoms with E-state index < -0.39 is 12.2 Å². The lowest BCUT2D eigenvalue weighted by atomic mass is 10.2. The summed E-state index contributed by atoms with van der Waals surface area (Å²) in [6.45, 7) is 3.67. The van der Waals surface area contributed by atoms with Crippen LogP contribution in [0.1, 0.15) is 25.8 Å². The maximum Gasteiger partial charge on any atom is 0.260 e. The molecule has 0 aliphatic carbocycles. The Hall–Kier alpha value is -2.06. The molecule has 0 fully saturated rings. The predicted molar refractivity (Wildman–Crippen MR) is 70.6 cm³/mol. The van der Waals surface area contributed by atoms with Crippen LogP contribution in [0.4, 0.5) is 0 Å². The molecule has 1 aromatic rings. The molecule has 2 unspecified atom stereocenters. The SMILES string of the molecule is CC(O)CCNC(=O)C(C)Oc1ccccc1C#N. The van der Waals surface area contributed by atoms with Crippen LogP contribution in [0.15, 0.2) is 24.3 Å². The summed E-state index contributed by atoms with van der Waals surface area (Å²) in [4.78, 5) is 11.7. The summed E-state index contributed by atoms with van der Waals surface area (Å²) in [5.41, 5.74) is 0.395. The third kappa shape index (κ3) is 4.98. The molecule has 1 rings (SSSR count). The van der Waals surface area contributed by atoms with Gasteiger partial charge in [0.2, 0.25) is 0 Å². The third-order valence-corrected chi connectivity index (χ3v) is 2.54. The van der Waals surface area contributed by atoms with Crippen LogP contribution in [-0.2, 0) is 4.79 Å². The van der Waals surface area contributed by atoms with E-state index in [1.54, 1.807) is 38.1 Å². The van der Waals surface area contributed by atoms with Crippen molar-refractivity contribution in [3.63, 3.8) is 0 Å². The van der Waals surface area contributed by atoms with Crippen molar-refractivity contribution in [3.05, 3.63) is 29.8 Å². The maximum atomic E-state index is 11.7. The molecule has 0 saturated carbocycles. The van der Waals surface area contributed by atoms with Gasteiger partial charge in [0.05, 0.1) is 11.7 Å². The normalized spacial score (nSPS) is 13.2. The molecule has 0 aliphatic rings. The van der Waals surface area contributed by atoms with Crippen LogP contribution in [0.2, 0.25) is 0 Å². The first-order chi connectivity index (χ1) is 9.04. The predicted octanol–water partition coefficient (Wildman–Crippen LogP) is 1.21. The van der Waals surface area contributed by atoms with E-state index in [2.05, 4.69) is 5.32 Å². The molecule has 0 aromatic heterocycles. The second-order valence-corrected chi connectivity index (χ2v) is 4.30. The summed E-state index contributed by atoms with van der Waals surface area (Å²) in [6.07, 6.45) is -0.646. The number of nitrogens with zero attached hydrogens (tertiary/aromatic N) is 1. The van der Waals surface area contributed by atoms with Crippen LogP contribution < -0.4 is 10.1 Å². The summed E-state index contributed by atoms with van der Waals surface area (Å²) in [6, 6.07) is 8.77. The van der Waals surface area contributed by atoms with Gasteiger partial charge in [0.15, 0.2) is 6.10 Å². The van der Waals surface area contributed by atoms with Gasteiger partial charge in [-0.05, 0) is 32.4 Å². The van der Waals surface area contributed by atoms with Gasteiger partial charge in [-0.2, -0.15) is 5.26 Å². The zero-order chi connectivity index (χ0) is 14.3. The number of hydrogen-bond acceptors (Lipinski definition) is 4. The van der Waals surface area contributed by atoms with Crippen molar-refractivity contribution >= 4 is 5.91 Å². The van der Waals surface area contributed by atoms with Crippen molar-refractivity contribution in [2.24, 2.45) is 0 Å². The molecule has 0 radical (unpaired) electrons. The van der Waals surface area contributed by atoms with Crippen LogP contribution in [0.5, 0.6) is 5.75 Å². The van der Waals surface area contributed by atoms with Gasteiger partial charge in [-0.25, -0.2) is 0 Å². The Morgan fingerprint density at radius 3 is 2.79 bits per heavy atom. The van der Waals surface area contributed by atoms with Gasteiger partial charge in [0.1, 0.15) is 11.8 Å². The molecule has 5 heteroatoms. The zero-order valence-corrected chi connectivity index (χ0v) is 11.1. The second-order valence-electron chi connectivity index (χ2n) is 4.30. The van der Waals surface area contributed by atoms with Gasteiger partial charge >= 0.3 is 0 Å². The summed E-state index contributed by atoms with van der Waals surface area (Å²) in [7, 11) is 0. The Bertz CT molecular complexity index is 466. The monoisotopic (exact) mass is 262 g/mol. The van der Waals surface area contributed by atoms with Crippen LogP contribution in [0.3, 0.4) is 0 Å². The van der Waals surface area contributed by atoms with E-state index in [9.17, 15) is 4.79 Å². The smallest absolute Gasteiger partial charge is 0.260 e. The number of benzene rings is 1. The first-order valence-electron chi connectivity index (χ1n) is 6.16. The van der Waals surface area contributed by atoms with E-state index in [4.69, 9.17) is 15.1 Å². The van der Waals surface area contributed by atoms with Gasteiger partial charge in [0, 0.05) is 6.54 Å². The van der Waals surface area contributed by atoms with E-state index in [-0.39, 0.29) is 5.91 Å². The molecule has 0 heterocycles. The summed E-state index contributed by atoms with van der Waals surface area (Å²) in [5.74, 6) is 0.122. The number of rotatable bonds is 6. The molecule has 0 aliphatic heterocycles. The molecular weight excluding hydrogens is 244 g/mol. The van der Waals surface area contributed by atoms with Crippen molar-refractivity contribution in [1.29, 1.82) is 5.26 Å². The number of nitriles is 1. The minimum absolute atomic E-state index is 0.270. The second kappa shape index (κ2) is 7.39. The Morgan fingerprint density at radius 1 is 1.47 bits per heavy atom. The van der Waals surface area contributed by atoms with Crippen molar-refractivity contribution < 1.29 is 14.6 Å². The van der Waals surface area contributed by atoms with Crippen LogP contribution in [0.25, 0.3) is 0 Å². The van der Waals surface area contributed by atoms with Gasteiger partial charge < -0.3 is 15.2 Å². The average molecular weight is 262 g/mol. The lowest BCUT2D eigenvalue weighted by molar-refractivity contribution is -0.127. The highest BCUT2D eigenvalue weighted by Gasteiger charge is 2.15. The average Bonchev–Trinajstić information content (AvgIpc) is 2.38. The fourth-order valence-electron chi connectivity index (χ4n) is 1.45. The van der Waals surface area contributed by atoms with Crippen LogP contribution >= 0.6 is 0 Å². The molecule has 5 nitrogen and oxygen atoms in total. The summed E-state index contributed by atoms with van der Waals surface area (Å²) < 4.78 is 5.46. The number of para-hydroxylation sites is 1. The van der Waals surface area contributed by atoms with Crippen LogP contribution in [-0.4, -0.2) is 29.8 Å². The van der Waals surface area contributed by atoms with Gasteiger partial charge in [-0.15, -0.1) is 0 Å². The molecule has 2 N–H and O–H groups in total. The molecular formula is C14H18N2O3. The van der Waals surface area contributed by atoms with E-state index >= 15 is 0 Å². The lowest BCUT2D eigenvalue weighted by Gasteiger charge is -2.15. The van der Waals surface area contributed by atoms with Crippen molar-refractivity contribution in [1.82, 2.24) is 5.32 Å².